The molecular formula is C17H41NO4Si2. The van der Waals surface area contributed by atoms with E-state index in [1.165, 1.54) is 0 Å². The first-order valence-electron chi connectivity index (χ1n) is 9.71. The number of ether oxygens (including phenoxy) is 4. The summed E-state index contributed by atoms with van der Waals surface area (Å²) < 4.78 is 22.5. The highest BCUT2D eigenvalue weighted by atomic mass is 28.1. The summed E-state index contributed by atoms with van der Waals surface area (Å²) in [4.78, 5) is 0. The van der Waals surface area contributed by atoms with E-state index in [2.05, 4.69) is 0 Å². The number of nitrogens with two attached hydrogens (primary N) is 1. The lowest BCUT2D eigenvalue weighted by Gasteiger charge is -2.28. The van der Waals surface area contributed by atoms with Gasteiger partial charge in [0, 0.05) is 53.0 Å². The molecule has 0 heterocycles. The highest BCUT2D eigenvalue weighted by Gasteiger charge is 2.22. The topological polar surface area (TPSA) is 62.9 Å². The lowest BCUT2D eigenvalue weighted by atomic mass is 10.0. The summed E-state index contributed by atoms with van der Waals surface area (Å²) in [6.07, 6.45) is 3.93. The molecule has 2 atom stereocenters. The van der Waals surface area contributed by atoms with Crippen molar-refractivity contribution in [3.63, 3.8) is 0 Å². The summed E-state index contributed by atoms with van der Waals surface area (Å²) in [6.45, 7) is 10.8. The molecule has 0 bridgehead atoms. The van der Waals surface area contributed by atoms with Gasteiger partial charge in [-0.3, -0.25) is 0 Å². The Labute approximate surface area is 155 Å². The Morgan fingerprint density at radius 3 is 1.17 bits per heavy atom. The Bertz CT molecular complexity index is 249. The van der Waals surface area contributed by atoms with Gasteiger partial charge in [0.1, 0.15) is 0 Å². The molecule has 0 aliphatic heterocycles. The molecule has 7 heteroatoms. The Balaban J connectivity index is 4.21. The molecule has 0 aromatic rings. The third-order valence-corrected chi connectivity index (χ3v) is 7.13. The van der Waals surface area contributed by atoms with Crippen molar-refractivity contribution in [3.05, 3.63) is 0 Å². The van der Waals surface area contributed by atoms with Crippen LogP contribution in [0.25, 0.3) is 0 Å². The zero-order chi connectivity index (χ0) is 18.4. The fourth-order valence-electron chi connectivity index (χ4n) is 2.92. The van der Waals surface area contributed by atoms with Gasteiger partial charge in [-0.15, -0.1) is 0 Å². The number of hydrogen-bond donors (Lipinski definition) is 1. The van der Waals surface area contributed by atoms with Gasteiger partial charge >= 0.3 is 0 Å². The quantitative estimate of drug-likeness (QED) is 0.320. The largest absolute Gasteiger partial charge is 0.353 e. The van der Waals surface area contributed by atoms with Crippen molar-refractivity contribution in [1.82, 2.24) is 0 Å². The average Bonchev–Trinajstić information content (AvgIpc) is 2.57. The van der Waals surface area contributed by atoms with E-state index in [9.17, 15) is 0 Å². The molecule has 146 valence electrons. The summed E-state index contributed by atoms with van der Waals surface area (Å²) in [6, 6.07) is 0.288. The van der Waals surface area contributed by atoms with E-state index >= 15 is 0 Å². The lowest BCUT2D eigenvalue weighted by Crippen LogP contribution is -2.33. The van der Waals surface area contributed by atoms with Crippen molar-refractivity contribution < 1.29 is 18.9 Å². The molecule has 0 fully saturated rings. The van der Waals surface area contributed by atoms with Crippen LogP contribution in [0, 0.1) is 0 Å². The maximum atomic E-state index is 6.54. The second-order valence-corrected chi connectivity index (χ2v) is 9.33. The van der Waals surface area contributed by atoms with E-state index in [0.717, 1.165) is 46.2 Å². The van der Waals surface area contributed by atoms with Gasteiger partial charge in [-0.25, -0.2) is 0 Å². The van der Waals surface area contributed by atoms with Gasteiger partial charge in [0.2, 0.25) is 0 Å². The molecule has 0 radical (unpaired) electrons. The first-order valence-corrected chi connectivity index (χ1v) is 12.0. The third-order valence-electron chi connectivity index (χ3n) is 4.44. The van der Waals surface area contributed by atoms with Crippen LogP contribution in [-0.4, -0.2) is 65.5 Å². The minimum absolute atomic E-state index is 0.0727. The predicted molar refractivity (Wildman–Crippen MR) is 108 cm³/mol. The fraction of sp³-hybridized carbons (Fsp3) is 1.00. The van der Waals surface area contributed by atoms with Crippen LogP contribution in [0.2, 0.25) is 11.1 Å². The molecule has 0 aromatic heterocycles. The second-order valence-electron chi connectivity index (χ2n) is 6.37. The van der Waals surface area contributed by atoms with Gasteiger partial charge < -0.3 is 24.7 Å². The summed E-state index contributed by atoms with van der Waals surface area (Å²) in [5, 5.41) is 0. The van der Waals surface area contributed by atoms with Crippen LogP contribution < -0.4 is 5.73 Å². The normalized spacial score (nSPS) is 16.1. The van der Waals surface area contributed by atoms with E-state index in [1.807, 2.05) is 27.7 Å². The molecule has 0 aliphatic carbocycles. The Hall–Kier alpha value is 0.234. The van der Waals surface area contributed by atoms with Gasteiger partial charge in [-0.05, 0) is 64.5 Å². The summed E-state index contributed by atoms with van der Waals surface area (Å²) in [5.41, 5.74) is 7.75. The Morgan fingerprint density at radius 2 is 0.917 bits per heavy atom. The molecule has 0 saturated carbocycles. The van der Waals surface area contributed by atoms with Crippen molar-refractivity contribution in [3.8, 4) is 0 Å². The van der Waals surface area contributed by atoms with Gasteiger partial charge in [0.25, 0.3) is 0 Å². The Kier molecular flexibility index (Phi) is 15.6. The molecule has 0 spiro atoms. The van der Waals surface area contributed by atoms with Crippen LogP contribution in [0.15, 0.2) is 0 Å². The first kappa shape index (κ1) is 24.2. The molecule has 0 aliphatic rings. The molecule has 0 aromatic carbocycles. The van der Waals surface area contributed by atoms with Crippen LogP contribution in [0.5, 0.6) is 0 Å². The molecule has 5 nitrogen and oxygen atoms in total. The van der Waals surface area contributed by atoms with Crippen LogP contribution in [-0.2, 0) is 18.9 Å². The van der Waals surface area contributed by atoms with Gasteiger partial charge in [0.15, 0.2) is 12.6 Å². The standard InChI is InChI=1S/C17H41NO4Si2/c1-5-19-15(20-6-2)11-9-13(23)17(18)14(24)10-12-16(21-7-3)22-8-4/h13-17H,5-12,18H2,1-4,23-24H3. The van der Waals surface area contributed by atoms with Crippen molar-refractivity contribution in [2.45, 2.75) is 83.1 Å². The first-order chi connectivity index (χ1) is 11.5. The summed E-state index contributed by atoms with van der Waals surface area (Å²) in [7, 11) is 2.23. The van der Waals surface area contributed by atoms with Crippen molar-refractivity contribution >= 4 is 20.5 Å². The highest BCUT2D eigenvalue weighted by Crippen LogP contribution is 2.26. The summed E-state index contributed by atoms with van der Waals surface area (Å²) in [5.74, 6) is 0. The fourth-order valence-corrected chi connectivity index (χ4v) is 5.67. The number of rotatable bonds is 16. The smallest absolute Gasteiger partial charge is 0.157 e. The van der Waals surface area contributed by atoms with Gasteiger partial charge in [-0.1, -0.05) is 0 Å². The molecule has 2 unspecified atom stereocenters. The monoisotopic (exact) mass is 379 g/mol. The predicted octanol–water partition coefficient (Wildman–Crippen LogP) is 0.980. The molecule has 2 N–H and O–H groups in total. The Morgan fingerprint density at radius 1 is 0.625 bits per heavy atom. The van der Waals surface area contributed by atoms with Crippen LogP contribution in [0.4, 0.5) is 0 Å². The SMILES string of the molecule is CCOC(CCC([SiH3])C(N)C([SiH3])CCC(OCC)OCC)OCC. The minimum atomic E-state index is -0.0727. The zero-order valence-corrected chi connectivity index (χ0v) is 20.8. The number of hydrogen-bond acceptors (Lipinski definition) is 5. The molecule has 0 amide bonds. The van der Waals surface area contributed by atoms with Gasteiger partial charge in [-0.2, -0.15) is 0 Å². The second kappa shape index (κ2) is 15.5. The van der Waals surface area contributed by atoms with E-state index in [0.29, 0.717) is 37.5 Å². The molecular weight excluding hydrogens is 338 g/mol. The van der Waals surface area contributed by atoms with Crippen LogP contribution in [0.1, 0.15) is 53.4 Å². The minimum Gasteiger partial charge on any atom is -0.353 e. The van der Waals surface area contributed by atoms with E-state index in [4.69, 9.17) is 24.7 Å². The average molecular weight is 380 g/mol. The van der Waals surface area contributed by atoms with E-state index in [-0.39, 0.29) is 18.6 Å². The van der Waals surface area contributed by atoms with Crippen molar-refractivity contribution in [2.24, 2.45) is 5.73 Å². The third kappa shape index (κ3) is 11.0. The van der Waals surface area contributed by atoms with Crippen LogP contribution >= 0.6 is 0 Å². The van der Waals surface area contributed by atoms with E-state index < -0.39 is 0 Å². The highest BCUT2D eigenvalue weighted by molar-refractivity contribution is 6.15. The van der Waals surface area contributed by atoms with Crippen molar-refractivity contribution in [2.75, 3.05) is 26.4 Å². The van der Waals surface area contributed by atoms with Gasteiger partial charge in [0.05, 0.1) is 0 Å². The lowest BCUT2D eigenvalue weighted by molar-refractivity contribution is -0.140. The van der Waals surface area contributed by atoms with Crippen molar-refractivity contribution in [1.29, 1.82) is 0 Å². The maximum Gasteiger partial charge on any atom is 0.157 e. The molecule has 0 saturated heterocycles. The maximum absolute atomic E-state index is 6.54. The van der Waals surface area contributed by atoms with Crippen LogP contribution in [0.3, 0.4) is 0 Å². The summed E-state index contributed by atoms with van der Waals surface area (Å²) >= 11 is 0. The molecule has 24 heavy (non-hydrogen) atoms. The zero-order valence-electron chi connectivity index (χ0n) is 16.8. The molecule has 0 rings (SSSR count). The van der Waals surface area contributed by atoms with E-state index in [1.54, 1.807) is 0 Å².